The molecule has 2 unspecified atom stereocenters. The van der Waals surface area contributed by atoms with Gasteiger partial charge < -0.3 is 14.2 Å². The van der Waals surface area contributed by atoms with Crippen molar-refractivity contribution in [3.63, 3.8) is 0 Å². The van der Waals surface area contributed by atoms with Crippen molar-refractivity contribution in [3.05, 3.63) is 60.2 Å². The Morgan fingerprint density at radius 2 is 1.43 bits per heavy atom. The van der Waals surface area contributed by atoms with Crippen LogP contribution in [0.15, 0.2) is 54.6 Å². The first-order valence-corrected chi connectivity index (χ1v) is 10.3. The molecular weight excluding hydrogens is 348 g/mol. The zero-order chi connectivity index (χ0) is 20.6. The number of ether oxygens (including phenoxy) is 3. The molecule has 0 saturated carbocycles. The van der Waals surface area contributed by atoms with Crippen LogP contribution in [0.2, 0.25) is 0 Å². The maximum atomic E-state index is 5.88. The molecule has 2 atom stereocenters. The predicted molar refractivity (Wildman–Crippen MR) is 116 cm³/mol. The quantitative estimate of drug-likeness (QED) is 0.338. The molecule has 0 aliphatic rings. The lowest BCUT2D eigenvalue weighted by Crippen LogP contribution is -2.20. The lowest BCUT2D eigenvalue weighted by Gasteiger charge is -2.29. The fourth-order valence-corrected chi connectivity index (χ4v) is 3.31. The minimum Gasteiger partial charge on any atom is -0.491 e. The standard InChI is InChI=1S/C25H36O3/c1-19(2)24(18-25(4,5)6)21-12-14-23(15-13-21)28-20(3)26-16-17-27-22-10-8-7-9-11-22/h7-15,19-20,24H,16-18H2,1-6H3. The molecule has 0 bridgehead atoms. The van der Waals surface area contributed by atoms with Gasteiger partial charge in [0.2, 0.25) is 0 Å². The third-order valence-corrected chi connectivity index (χ3v) is 4.70. The van der Waals surface area contributed by atoms with Crippen LogP contribution in [-0.4, -0.2) is 19.5 Å². The largest absolute Gasteiger partial charge is 0.491 e. The monoisotopic (exact) mass is 384 g/mol. The molecule has 2 rings (SSSR count). The van der Waals surface area contributed by atoms with Gasteiger partial charge >= 0.3 is 0 Å². The van der Waals surface area contributed by atoms with Crippen LogP contribution in [0.25, 0.3) is 0 Å². The summed E-state index contributed by atoms with van der Waals surface area (Å²) in [6, 6.07) is 18.2. The second kappa shape index (κ2) is 10.5. The van der Waals surface area contributed by atoms with Crippen molar-refractivity contribution in [2.75, 3.05) is 13.2 Å². The van der Waals surface area contributed by atoms with Gasteiger partial charge in [-0.25, -0.2) is 0 Å². The van der Waals surface area contributed by atoms with Gasteiger partial charge in [0.15, 0.2) is 6.29 Å². The van der Waals surface area contributed by atoms with Crippen LogP contribution >= 0.6 is 0 Å². The highest BCUT2D eigenvalue weighted by Crippen LogP contribution is 2.36. The van der Waals surface area contributed by atoms with Gasteiger partial charge in [0, 0.05) is 0 Å². The number of hydrogen-bond acceptors (Lipinski definition) is 3. The summed E-state index contributed by atoms with van der Waals surface area (Å²) in [5.41, 5.74) is 1.69. The fourth-order valence-electron chi connectivity index (χ4n) is 3.31. The minimum atomic E-state index is -0.319. The molecule has 2 aromatic carbocycles. The lowest BCUT2D eigenvalue weighted by molar-refractivity contribution is -0.0739. The van der Waals surface area contributed by atoms with E-state index in [1.54, 1.807) is 0 Å². The van der Waals surface area contributed by atoms with Gasteiger partial charge in [0.1, 0.15) is 18.1 Å². The summed E-state index contributed by atoms with van der Waals surface area (Å²) in [5.74, 6) is 2.85. The van der Waals surface area contributed by atoms with E-state index >= 15 is 0 Å². The summed E-state index contributed by atoms with van der Waals surface area (Å²) < 4.78 is 17.2. The van der Waals surface area contributed by atoms with Crippen LogP contribution in [0.1, 0.15) is 59.4 Å². The van der Waals surface area contributed by atoms with Gasteiger partial charge in [-0.2, -0.15) is 0 Å². The highest BCUT2D eigenvalue weighted by atomic mass is 16.7. The van der Waals surface area contributed by atoms with Gasteiger partial charge in [0.25, 0.3) is 0 Å². The van der Waals surface area contributed by atoms with Gasteiger partial charge in [-0.15, -0.1) is 0 Å². The highest BCUT2D eigenvalue weighted by molar-refractivity contribution is 5.30. The minimum absolute atomic E-state index is 0.314. The maximum absolute atomic E-state index is 5.88. The van der Waals surface area contributed by atoms with Gasteiger partial charge in [-0.05, 0) is 60.4 Å². The summed E-state index contributed by atoms with van der Waals surface area (Å²) in [6.07, 6.45) is 0.854. The van der Waals surface area contributed by atoms with Crippen LogP contribution in [0, 0.1) is 11.3 Å². The van der Waals surface area contributed by atoms with E-state index in [0.717, 1.165) is 11.5 Å². The summed E-state index contributed by atoms with van der Waals surface area (Å²) in [6.45, 7) is 14.4. The Hall–Kier alpha value is -2.00. The van der Waals surface area contributed by atoms with Gasteiger partial charge in [-0.1, -0.05) is 65.0 Å². The first kappa shape index (κ1) is 22.3. The Morgan fingerprint density at radius 1 is 0.786 bits per heavy atom. The fraction of sp³-hybridized carbons (Fsp3) is 0.520. The number of hydrogen-bond donors (Lipinski definition) is 0. The molecule has 2 aromatic rings. The number of para-hydroxylation sites is 1. The van der Waals surface area contributed by atoms with Crippen molar-refractivity contribution >= 4 is 0 Å². The van der Waals surface area contributed by atoms with Crippen molar-refractivity contribution < 1.29 is 14.2 Å². The lowest BCUT2D eigenvalue weighted by atomic mass is 9.76. The van der Waals surface area contributed by atoms with Crippen molar-refractivity contribution in [1.29, 1.82) is 0 Å². The average Bonchev–Trinajstić information content (AvgIpc) is 2.64. The van der Waals surface area contributed by atoms with Crippen LogP contribution < -0.4 is 9.47 Å². The predicted octanol–water partition coefficient (Wildman–Crippen LogP) is 6.68. The van der Waals surface area contributed by atoms with Crippen LogP contribution in [0.5, 0.6) is 11.5 Å². The molecule has 0 N–H and O–H groups in total. The molecule has 3 nitrogen and oxygen atoms in total. The van der Waals surface area contributed by atoms with Crippen LogP contribution in [0.4, 0.5) is 0 Å². The van der Waals surface area contributed by atoms with Gasteiger partial charge in [-0.3, -0.25) is 0 Å². The van der Waals surface area contributed by atoms with Crippen LogP contribution in [0.3, 0.4) is 0 Å². The molecule has 0 aliphatic carbocycles. The zero-order valence-electron chi connectivity index (χ0n) is 18.3. The van der Waals surface area contributed by atoms with E-state index in [1.165, 1.54) is 12.0 Å². The molecular formula is C25H36O3. The third-order valence-electron chi connectivity index (χ3n) is 4.70. The Bertz CT molecular complexity index is 671. The number of rotatable bonds is 10. The van der Waals surface area contributed by atoms with E-state index in [1.807, 2.05) is 49.4 Å². The summed E-state index contributed by atoms with van der Waals surface area (Å²) >= 11 is 0. The topological polar surface area (TPSA) is 27.7 Å². The van der Waals surface area contributed by atoms with E-state index < -0.39 is 0 Å². The average molecular weight is 385 g/mol. The van der Waals surface area contributed by atoms with Crippen LogP contribution in [-0.2, 0) is 4.74 Å². The second-order valence-electron chi connectivity index (χ2n) is 8.90. The SMILES string of the molecule is CC(OCCOc1ccccc1)Oc1ccc(C(CC(C)(C)C)C(C)C)cc1. The van der Waals surface area contributed by atoms with E-state index in [-0.39, 0.29) is 6.29 Å². The van der Waals surface area contributed by atoms with E-state index in [4.69, 9.17) is 14.2 Å². The Morgan fingerprint density at radius 3 is 2.00 bits per heavy atom. The van der Waals surface area contributed by atoms with Gasteiger partial charge in [0.05, 0.1) is 6.61 Å². The molecule has 0 heterocycles. The molecule has 0 aliphatic heterocycles. The smallest absolute Gasteiger partial charge is 0.197 e. The highest BCUT2D eigenvalue weighted by Gasteiger charge is 2.23. The molecule has 0 fully saturated rings. The van der Waals surface area contributed by atoms with Crippen molar-refractivity contribution in [1.82, 2.24) is 0 Å². The Labute approximate surface area is 171 Å². The van der Waals surface area contributed by atoms with Crippen molar-refractivity contribution in [2.24, 2.45) is 11.3 Å². The molecule has 3 heteroatoms. The summed E-state index contributed by atoms with van der Waals surface area (Å²) in [7, 11) is 0. The summed E-state index contributed by atoms with van der Waals surface area (Å²) in [5, 5.41) is 0. The molecule has 0 amide bonds. The van der Waals surface area contributed by atoms with Crippen molar-refractivity contribution in [2.45, 2.75) is 60.2 Å². The molecule has 28 heavy (non-hydrogen) atoms. The first-order chi connectivity index (χ1) is 13.2. The van der Waals surface area contributed by atoms with E-state index in [9.17, 15) is 0 Å². The van der Waals surface area contributed by atoms with E-state index in [2.05, 4.69) is 46.8 Å². The maximum Gasteiger partial charge on any atom is 0.197 e. The van der Waals surface area contributed by atoms with E-state index in [0.29, 0.717) is 30.5 Å². The third kappa shape index (κ3) is 7.93. The normalized spacial score (nSPS) is 14.0. The zero-order valence-corrected chi connectivity index (χ0v) is 18.3. The molecule has 0 saturated heterocycles. The second-order valence-corrected chi connectivity index (χ2v) is 8.90. The summed E-state index contributed by atoms with van der Waals surface area (Å²) in [4.78, 5) is 0. The Balaban J connectivity index is 1.80. The molecule has 154 valence electrons. The van der Waals surface area contributed by atoms with Crippen molar-refractivity contribution in [3.8, 4) is 11.5 Å². The molecule has 0 aromatic heterocycles. The molecule has 0 spiro atoms. The number of benzene rings is 2. The molecule has 0 radical (unpaired) electrons. The first-order valence-electron chi connectivity index (χ1n) is 10.3. The Kier molecular flexibility index (Phi) is 8.37.